The molecule has 0 radical (unpaired) electrons. The van der Waals surface area contributed by atoms with Crippen LogP contribution in [0.25, 0.3) is 10.8 Å². The van der Waals surface area contributed by atoms with E-state index < -0.39 is 17.2 Å². The molecule has 1 heterocycles. The number of hydrogen-bond donors (Lipinski definition) is 0. The van der Waals surface area contributed by atoms with Crippen LogP contribution in [0.1, 0.15) is 19.9 Å². The average Bonchev–Trinajstić information content (AvgIpc) is 2.23. The Kier molecular flexibility index (Phi) is 2.50. The van der Waals surface area contributed by atoms with E-state index in [0.29, 0.717) is 5.39 Å². The molecule has 1 aromatic carbocycles. The summed E-state index contributed by atoms with van der Waals surface area (Å²) >= 11 is 0. The van der Waals surface area contributed by atoms with Crippen molar-refractivity contribution in [2.24, 2.45) is 0 Å². The lowest BCUT2D eigenvalue weighted by molar-refractivity contribution is 0.513. The summed E-state index contributed by atoms with van der Waals surface area (Å²) in [5.74, 6) is -2.07. The first-order valence-electron chi connectivity index (χ1n) is 5.01. The molecule has 0 saturated heterocycles. The van der Waals surface area contributed by atoms with Crippen LogP contribution >= 0.6 is 0 Å². The maximum absolute atomic E-state index is 13.5. The van der Waals surface area contributed by atoms with Gasteiger partial charge in [0, 0.05) is 12.2 Å². The Morgan fingerprint density at radius 3 is 2.50 bits per heavy atom. The van der Waals surface area contributed by atoms with Crippen molar-refractivity contribution in [1.82, 2.24) is 4.57 Å². The van der Waals surface area contributed by atoms with Crippen molar-refractivity contribution >= 4 is 10.8 Å². The molecule has 0 atom stereocenters. The molecular weight excluding hydrogens is 212 g/mol. The lowest BCUT2D eigenvalue weighted by atomic mass is 10.1. The maximum atomic E-state index is 13.5. The van der Waals surface area contributed by atoms with E-state index in [1.54, 1.807) is 12.3 Å². The van der Waals surface area contributed by atoms with Crippen molar-refractivity contribution in [3.05, 3.63) is 46.4 Å². The van der Waals surface area contributed by atoms with Gasteiger partial charge in [-0.2, -0.15) is 0 Å². The summed E-state index contributed by atoms with van der Waals surface area (Å²) in [6, 6.07) is 3.95. The predicted octanol–water partition coefficient (Wildman–Crippen LogP) is 2.86. The second kappa shape index (κ2) is 3.70. The Labute approximate surface area is 91.1 Å². The molecule has 0 amide bonds. The van der Waals surface area contributed by atoms with E-state index in [0.717, 1.165) is 6.07 Å². The van der Waals surface area contributed by atoms with Crippen molar-refractivity contribution in [1.29, 1.82) is 0 Å². The van der Waals surface area contributed by atoms with Gasteiger partial charge in [-0.05, 0) is 31.4 Å². The highest BCUT2D eigenvalue weighted by molar-refractivity contribution is 5.82. The molecule has 84 valence electrons. The molecule has 0 spiro atoms. The summed E-state index contributed by atoms with van der Waals surface area (Å²) in [6.07, 6.45) is 1.59. The molecule has 0 aliphatic rings. The van der Waals surface area contributed by atoms with Gasteiger partial charge in [-0.25, -0.2) is 8.78 Å². The lowest BCUT2D eigenvalue weighted by Gasteiger charge is -2.10. The predicted molar refractivity (Wildman–Crippen MR) is 58.5 cm³/mol. The number of rotatable bonds is 1. The molecule has 0 aliphatic heterocycles. The molecule has 1 aromatic heterocycles. The summed E-state index contributed by atoms with van der Waals surface area (Å²) < 4.78 is 27.9. The number of hydrogen-bond acceptors (Lipinski definition) is 1. The zero-order valence-electron chi connectivity index (χ0n) is 9.00. The van der Waals surface area contributed by atoms with Crippen LogP contribution in [0, 0.1) is 11.6 Å². The first-order chi connectivity index (χ1) is 7.52. The van der Waals surface area contributed by atoms with Crippen LogP contribution in [0.3, 0.4) is 0 Å². The van der Waals surface area contributed by atoms with Crippen molar-refractivity contribution in [2.45, 2.75) is 19.9 Å². The minimum absolute atomic E-state index is 0.0837. The Morgan fingerprint density at radius 1 is 1.19 bits per heavy atom. The van der Waals surface area contributed by atoms with E-state index in [1.807, 2.05) is 13.8 Å². The van der Waals surface area contributed by atoms with E-state index in [-0.39, 0.29) is 11.4 Å². The SMILES string of the molecule is CC(C)n1ccc2ccc(F)c(F)c2c1=O. The smallest absolute Gasteiger partial charge is 0.261 e. The fraction of sp³-hybridized carbons (Fsp3) is 0.250. The number of fused-ring (bicyclic) bond motifs is 1. The van der Waals surface area contributed by atoms with Crippen molar-refractivity contribution in [3.8, 4) is 0 Å². The first kappa shape index (κ1) is 10.8. The van der Waals surface area contributed by atoms with Gasteiger partial charge >= 0.3 is 0 Å². The largest absolute Gasteiger partial charge is 0.312 e. The van der Waals surface area contributed by atoms with Gasteiger partial charge in [0.25, 0.3) is 5.56 Å². The molecule has 0 saturated carbocycles. The van der Waals surface area contributed by atoms with E-state index in [9.17, 15) is 13.6 Å². The molecular formula is C12H11F2NO. The minimum Gasteiger partial charge on any atom is -0.312 e. The Bertz CT molecular complexity index is 602. The molecule has 2 aromatic rings. The van der Waals surface area contributed by atoms with Gasteiger partial charge in [0.05, 0.1) is 5.39 Å². The van der Waals surface area contributed by atoms with Gasteiger partial charge in [-0.3, -0.25) is 4.79 Å². The van der Waals surface area contributed by atoms with Crippen LogP contribution in [0.2, 0.25) is 0 Å². The van der Waals surface area contributed by atoms with Gasteiger partial charge in [-0.15, -0.1) is 0 Å². The van der Waals surface area contributed by atoms with Gasteiger partial charge in [-0.1, -0.05) is 6.07 Å². The van der Waals surface area contributed by atoms with Crippen LogP contribution in [0.4, 0.5) is 8.78 Å². The molecule has 2 nitrogen and oxygen atoms in total. The molecule has 0 N–H and O–H groups in total. The Balaban J connectivity index is 2.93. The Hall–Kier alpha value is -1.71. The van der Waals surface area contributed by atoms with Gasteiger partial charge < -0.3 is 4.57 Å². The number of pyridine rings is 1. The highest BCUT2D eigenvalue weighted by Gasteiger charge is 2.12. The summed E-state index contributed by atoms with van der Waals surface area (Å²) in [5, 5.41) is 0.233. The lowest BCUT2D eigenvalue weighted by Crippen LogP contribution is -2.22. The van der Waals surface area contributed by atoms with Gasteiger partial charge in [0.2, 0.25) is 0 Å². The zero-order chi connectivity index (χ0) is 11.9. The van der Waals surface area contributed by atoms with Gasteiger partial charge in [0.1, 0.15) is 0 Å². The highest BCUT2D eigenvalue weighted by atomic mass is 19.2. The van der Waals surface area contributed by atoms with E-state index in [4.69, 9.17) is 0 Å². The second-order valence-corrected chi connectivity index (χ2v) is 3.95. The van der Waals surface area contributed by atoms with Crippen LogP contribution < -0.4 is 5.56 Å². The summed E-state index contributed by atoms with van der Waals surface area (Å²) in [5.41, 5.74) is -0.496. The van der Waals surface area contributed by atoms with Crippen molar-refractivity contribution < 1.29 is 8.78 Å². The summed E-state index contributed by atoms with van der Waals surface area (Å²) in [4.78, 5) is 11.9. The molecule has 4 heteroatoms. The van der Waals surface area contributed by atoms with Crippen LogP contribution in [-0.2, 0) is 0 Å². The van der Waals surface area contributed by atoms with Crippen LogP contribution in [-0.4, -0.2) is 4.57 Å². The maximum Gasteiger partial charge on any atom is 0.261 e. The van der Waals surface area contributed by atoms with Crippen LogP contribution in [0.15, 0.2) is 29.2 Å². The fourth-order valence-corrected chi connectivity index (χ4v) is 1.69. The average molecular weight is 223 g/mol. The molecule has 2 rings (SSSR count). The number of nitrogens with zero attached hydrogens (tertiary/aromatic N) is 1. The molecule has 0 fully saturated rings. The van der Waals surface area contributed by atoms with Crippen molar-refractivity contribution in [3.63, 3.8) is 0 Å². The molecule has 0 bridgehead atoms. The van der Waals surface area contributed by atoms with Gasteiger partial charge in [0.15, 0.2) is 11.6 Å². The standard InChI is InChI=1S/C12H11F2NO/c1-7(2)15-6-5-8-3-4-9(13)11(14)10(8)12(15)16/h3-7H,1-2H3. The van der Waals surface area contributed by atoms with Crippen LogP contribution in [0.5, 0.6) is 0 Å². The normalized spacial score (nSPS) is 11.3. The number of benzene rings is 1. The first-order valence-corrected chi connectivity index (χ1v) is 5.01. The monoisotopic (exact) mass is 223 g/mol. The third-order valence-electron chi connectivity index (χ3n) is 2.55. The topological polar surface area (TPSA) is 22.0 Å². The quantitative estimate of drug-likeness (QED) is 0.728. The van der Waals surface area contributed by atoms with E-state index >= 15 is 0 Å². The third kappa shape index (κ3) is 1.50. The highest BCUT2D eigenvalue weighted by Crippen LogP contribution is 2.17. The zero-order valence-corrected chi connectivity index (χ0v) is 9.00. The molecule has 0 aliphatic carbocycles. The summed E-state index contributed by atoms with van der Waals surface area (Å²) in [6.45, 7) is 3.62. The minimum atomic E-state index is -1.07. The van der Waals surface area contributed by atoms with Crippen molar-refractivity contribution in [2.75, 3.05) is 0 Å². The number of aromatic nitrogens is 1. The molecule has 16 heavy (non-hydrogen) atoms. The molecule has 0 unspecified atom stereocenters. The van der Waals surface area contributed by atoms with E-state index in [1.165, 1.54) is 10.6 Å². The third-order valence-corrected chi connectivity index (χ3v) is 2.55. The Morgan fingerprint density at radius 2 is 1.88 bits per heavy atom. The van der Waals surface area contributed by atoms with E-state index in [2.05, 4.69) is 0 Å². The summed E-state index contributed by atoms with van der Waals surface area (Å²) in [7, 11) is 0. The fourth-order valence-electron chi connectivity index (χ4n) is 1.69. The second-order valence-electron chi connectivity index (χ2n) is 3.95. The number of halogens is 2.